The van der Waals surface area contributed by atoms with Gasteiger partial charge in [-0.1, -0.05) is 23.2 Å². The second kappa shape index (κ2) is 8.50. The molecule has 2 aromatic rings. The molecule has 7 heteroatoms. The van der Waals surface area contributed by atoms with E-state index in [1.807, 2.05) is 6.92 Å². The highest BCUT2D eigenvalue weighted by molar-refractivity contribution is 6.35. The van der Waals surface area contributed by atoms with Crippen LogP contribution in [0.1, 0.15) is 6.92 Å². The molecule has 2 amide bonds. The van der Waals surface area contributed by atoms with Crippen LogP contribution < -0.4 is 20.1 Å². The van der Waals surface area contributed by atoms with Crippen LogP contribution in [0.3, 0.4) is 0 Å². The van der Waals surface area contributed by atoms with Crippen LogP contribution in [0, 0.1) is 0 Å². The molecule has 0 aliphatic heterocycles. The van der Waals surface area contributed by atoms with Gasteiger partial charge in [-0.2, -0.15) is 0 Å². The third-order valence-corrected chi connectivity index (χ3v) is 3.16. The monoisotopic (exact) mass is 354 g/mol. The molecular weight excluding hydrogens is 339 g/mol. The predicted octanol–water partition coefficient (Wildman–Crippen LogP) is 4.55. The van der Waals surface area contributed by atoms with Gasteiger partial charge < -0.3 is 20.1 Å². The number of anilines is 1. The van der Waals surface area contributed by atoms with E-state index < -0.39 is 6.03 Å². The first-order valence-corrected chi connectivity index (χ1v) is 7.69. The van der Waals surface area contributed by atoms with Crippen LogP contribution >= 0.6 is 23.2 Å². The van der Waals surface area contributed by atoms with Gasteiger partial charge in [0.2, 0.25) is 0 Å². The van der Waals surface area contributed by atoms with E-state index in [-0.39, 0.29) is 6.73 Å². The molecule has 0 heterocycles. The Kier molecular flexibility index (Phi) is 6.38. The smallest absolute Gasteiger partial charge is 0.321 e. The van der Waals surface area contributed by atoms with Crippen LogP contribution in [0.5, 0.6) is 11.5 Å². The standard InChI is InChI=1S/C16H16Cl2N2O3/c1-2-22-14-3-5-15(6-4-14)23-10-19-16(21)20-13-8-11(17)7-12(18)9-13/h3-9H,2,10H2,1H3,(H2,19,20,21). The molecule has 0 radical (unpaired) electrons. The van der Waals surface area contributed by atoms with Gasteiger partial charge in [-0.15, -0.1) is 0 Å². The number of hydrogen-bond acceptors (Lipinski definition) is 3. The lowest BCUT2D eigenvalue weighted by molar-refractivity contribution is 0.234. The van der Waals surface area contributed by atoms with Crippen molar-refractivity contribution in [2.75, 3.05) is 18.7 Å². The third-order valence-electron chi connectivity index (χ3n) is 2.73. The Hall–Kier alpha value is -2.11. The topological polar surface area (TPSA) is 59.6 Å². The fourth-order valence-corrected chi connectivity index (χ4v) is 2.31. The van der Waals surface area contributed by atoms with Gasteiger partial charge in [-0.05, 0) is 49.4 Å². The summed E-state index contributed by atoms with van der Waals surface area (Å²) in [5.41, 5.74) is 0.501. The van der Waals surface area contributed by atoms with Gasteiger partial charge >= 0.3 is 6.03 Å². The average Bonchev–Trinajstić information content (AvgIpc) is 2.48. The van der Waals surface area contributed by atoms with Gasteiger partial charge in [0.1, 0.15) is 11.5 Å². The number of ether oxygens (including phenoxy) is 2. The van der Waals surface area contributed by atoms with Crippen LogP contribution in [-0.2, 0) is 0 Å². The molecule has 0 atom stereocenters. The minimum Gasteiger partial charge on any atom is -0.494 e. The molecule has 0 bridgehead atoms. The first kappa shape index (κ1) is 17.2. The van der Waals surface area contributed by atoms with Crippen LogP contribution in [0.25, 0.3) is 0 Å². The number of benzene rings is 2. The lowest BCUT2D eigenvalue weighted by atomic mass is 10.3. The van der Waals surface area contributed by atoms with Gasteiger partial charge in [0.15, 0.2) is 6.73 Å². The lowest BCUT2D eigenvalue weighted by Crippen LogP contribution is -2.32. The van der Waals surface area contributed by atoms with Crippen LogP contribution in [0.4, 0.5) is 10.5 Å². The summed E-state index contributed by atoms with van der Waals surface area (Å²) < 4.78 is 10.7. The van der Waals surface area contributed by atoms with Crippen molar-refractivity contribution in [1.29, 1.82) is 0 Å². The molecule has 0 fully saturated rings. The third kappa shape index (κ3) is 5.88. The van der Waals surface area contributed by atoms with E-state index in [4.69, 9.17) is 32.7 Å². The van der Waals surface area contributed by atoms with E-state index in [9.17, 15) is 4.79 Å². The Balaban J connectivity index is 1.78. The van der Waals surface area contributed by atoms with Crippen LogP contribution in [-0.4, -0.2) is 19.4 Å². The van der Waals surface area contributed by atoms with Gasteiger partial charge in [-0.25, -0.2) is 4.79 Å². The highest BCUT2D eigenvalue weighted by atomic mass is 35.5. The first-order chi connectivity index (χ1) is 11.1. The largest absolute Gasteiger partial charge is 0.494 e. The van der Waals surface area contributed by atoms with Gasteiger partial charge in [0.25, 0.3) is 0 Å². The zero-order valence-electron chi connectivity index (χ0n) is 12.4. The Morgan fingerprint density at radius 1 is 1.00 bits per heavy atom. The van der Waals surface area contributed by atoms with E-state index in [0.29, 0.717) is 28.1 Å². The number of amides is 2. The van der Waals surface area contributed by atoms with Crippen molar-refractivity contribution < 1.29 is 14.3 Å². The highest BCUT2D eigenvalue weighted by Crippen LogP contribution is 2.22. The molecular formula is C16H16Cl2N2O3. The maximum atomic E-state index is 11.8. The molecule has 2 rings (SSSR count). The number of nitrogens with one attached hydrogen (secondary N) is 2. The molecule has 0 aliphatic carbocycles. The van der Waals surface area contributed by atoms with Crippen molar-refractivity contribution in [3.05, 3.63) is 52.5 Å². The summed E-state index contributed by atoms with van der Waals surface area (Å²) in [4.78, 5) is 11.8. The second-order valence-electron chi connectivity index (χ2n) is 4.48. The highest BCUT2D eigenvalue weighted by Gasteiger charge is 2.04. The molecule has 2 aromatic carbocycles. The molecule has 23 heavy (non-hydrogen) atoms. The van der Waals surface area contributed by atoms with Gasteiger partial charge in [0.05, 0.1) is 6.61 Å². The minimum atomic E-state index is -0.422. The molecule has 122 valence electrons. The number of carbonyl (C=O) groups excluding carboxylic acids is 1. The number of halogens is 2. The van der Waals surface area contributed by atoms with E-state index >= 15 is 0 Å². The summed E-state index contributed by atoms with van der Waals surface area (Å²) in [7, 11) is 0. The van der Waals surface area contributed by atoms with Crippen LogP contribution in [0.15, 0.2) is 42.5 Å². The van der Waals surface area contributed by atoms with Crippen molar-refractivity contribution in [2.24, 2.45) is 0 Å². The maximum Gasteiger partial charge on any atom is 0.321 e. The molecule has 0 aromatic heterocycles. The van der Waals surface area contributed by atoms with E-state index in [1.54, 1.807) is 42.5 Å². The Morgan fingerprint density at radius 2 is 1.57 bits per heavy atom. The second-order valence-corrected chi connectivity index (χ2v) is 5.35. The zero-order chi connectivity index (χ0) is 16.7. The molecule has 0 spiro atoms. The summed E-state index contributed by atoms with van der Waals surface area (Å²) in [6.45, 7) is 2.55. The lowest BCUT2D eigenvalue weighted by Gasteiger charge is -2.10. The fraction of sp³-hybridized carbons (Fsp3) is 0.188. The summed E-state index contributed by atoms with van der Waals surface area (Å²) in [5.74, 6) is 1.39. The van der Waals surface area contributed by atoms with E-state index in [2.05, 4.69) is 10.6 Å². The Morgan fingerprint density at radius 3 is 2.13 bits per heavy atom. The number of rotatable bonds is 6. The average molecular weight is 355 g/mol. The van der Waals surface area contributed by atoms with Gasteiger partial charge in [0, 0.05) is 15.7 Å². The van der Waals surface area contributed by atoms with E-state index in [1.165, 1.54) is 0 Å². The SMILES string of the molecule is CCOc1ccc(OCNC(=O)Nc2cc(Cl)cc(Cl)c2)cc1. The Labute approximate surface area is 144 Å². The summed E-state index contributed by atoms with van der Waals surface area (Å²) in [6.07, 6.45) is 0. The van der Waals surface area contributed by atoms with Crippen molar-refractivity contribution in [1.82, 2.24) is 5.32 Å². The first-order valence-electron chi connectivity index (χ1n) is 6.93. The van der Waals surface area contributed by atoms with Crippen LogP contribution in [0.2, 0.25) is 10.0 Å². The molecule has 2 N–H and O–H groups in total. The van der Waals surface area contributed by atoms with Crippen molar-refractivity contribution in [2.45, 2.75) is 6.92 Å². The molecule has 5 nitrogen and oxygen atoms in total. The minimum absolute atomic E-state index is 0.0219. The molecule has 0 aliphatic rings. The quantitative estimate of drug-likeness (QED) is 0.748. The maximum absolute atomic E-state index is 11.8. The summed E-state index contributed by atoms with van der Waals surface area (Å²) >= 11 is 11.7. The van der Waals surface area contributed by atoms with E-state index in [0.717, 1.165) is 5.75 Å². The van der Waals surface area contributed by atoms with Gasteiger partial charge in [-0.3, -0.25) is 0 Å². The molecule has 0 saturated heterocycles. The Bertz CT molecular complexity index is 643. The summed E-state index contributed by atoms with van der Waals surface area (Å²) in [6, 6.07) is 11.5. The normalized spacial score (nSPS) is 10.0. The molecule has 0 unspecified atom stereocenters. The van der Waals surface area contributed by atoms with Crippen molar-refractivity contribution in [3.63, 3.8) is 0 Å². The number of urea groups is 1. The zero-order valence-corrected chi connectivity index (χ0v) is 13.9. The van der Waals surface area contributed by atoms with Crippen molar-refractivity contribution in [3.8, 4) is 11.5 Å². The summed E-state index contributed by atoms with van der Waals surface area (Å²) in [5, 5.41) is 6.07. The number of hydrogen-bond donors (Lipinski definition) is 2. The van der Waals surface area contributed by atoms with Crippen molar-refractivity contribution >= 4 is 34.9 Å². The number of carbonyl (C=O) groups is 1. The predicted molar refractivity (Wildman–Crippen MR) is 91.7 cm³/mol. The fourth-order valence-electron chi connectivity index (χ4n) is 1.79. The molecule has 0 saturated carbocycles.